The van der Waals surface area contributed by atoms with E-state index >= 15 is 0 Å². The molecule has 0 amide bonds. The van der Waals surface area contributed by atoms with Crippen molar-refractivity contribution in [3.05, 3.63) is 27.7 Å². The number of benzene rings is 1. The Bertz CT molecular complexity index is 436. The molecule has 0 aromatic heterocycles. The minimum absolute atomic E-state index is 0.512. The van der Waals surface area contributed by atoms with E-state index in [1.54, 1.807) is 7.11 Å². The zero-order chi connectivity index (χ0) is 11.7. The van der Waals surface area contributed by atoms with Crippen molar-refractivity contribution in [3.63, 3.8) is 0 Å². The van der Waals surface area contributed by atoms with Crippen molar-refractivity contribution >= 4 is 22.0 Å². The van der Waals surface area contributed by atoms with Gasteiger partial charge in [-0.15, -0.1) is 0 Å². The van der Waals surface area contributed by atoms with Gasteiger partial charge < -0.3 is 9.47 Å². The van der Waals surface area contributed by atoms with E-state index in [-0.39, 0.29) is 0 Å². The smallest absolute Gasteiger partial charge is 0.168 e. The third-order valence-corrected chi connectivity index (χ3v) is 3.19. The fraction of sp³-hybridized carbons (Fsp3) is 0.385. The third-order valence-electron chi connectivity index (χ3n) is 2.73. The van der Waals surface area contributed by atoms with Crippen molar-refractivity contribution < 1.29 is 9.47 Å². The Morgan fingerprint density at radius 1 is 1.38 bits per heavy atom. The summed E-state index contributed by atoms with van der Waals surface area (Å²) < 4.78 is 12.1. The van der Waals surface area contributed by atoms with Gasteiger partial charge in [0.25, 0.3) is 0 Å². The van der Waals surface area contributed by atoms with Gasteiger partial charge in [0.05, 0.1) is 7.11 Å². The standard InChI is InChI=1S/C13H15BrO2/c1-8(2)10-4-9-5-11(14)6-12(15-3)13(9)16-7-10/h4-6,8H,7H2,1-3H3. The maximum absolute atomic E-state index is 5.76. The lowest BCUT2D eigenvalue weighted by molar-refractivity contribution is 0.307. The lowest BCUT2D eigenvalue weighted by atomic mass is 9.98. The molecule has 2 rings (SSSR count). The topological polar surface area (TPSA) is 18.5 Å². The summed E-state index contributed by atoms with van der Waals surface area (Å²) in [4.78, 5) is 0. The fourth-order valence-electron chi connectivity index (χ4n) is 1.73. The highest BCUT2D eigenvalue weighted by Gasteiger charge is 2.18. The van der Waals surface area contributed by atoms with Crippen molar-refractivity contribution in [3.8, 4) is 11.5 Å². The summed E-state index contributed by atoms with van der Waals surface area (Å²) in [6.45, 7) is 5.01. The number of halogens is 1. The zero-order valence-electron chi connectivity index (χ0n) is 9.71. The van der Waals surface area contributed by atoms with Crippen LogP contribution < -0.4 is 9.47 Å². The van der Waals surface area contributed by atoms with Gasteiger partial charge in [0.1, 0.15) is 6.61 Å². The van der Waals surface area contributed by atoms with E-state index in [4.69, 9.17) is 9.47 Å². The zero-order valence-corrected chi connectivity index (χ0v) is 11.3. The van der Waals surface area contributed by atoms with E-state index < -0.39 is 0 Å². The van der Waals surface area contributed by atoms with Crippen LogP contribution in [-0.4, -0.2) is 13.7 Å². The summed E-state index contributed by atoms with van der Waals surface area (Å²) in [6.07, 6.45) is 2.19. The summed E-state index contributed by atoms with van der Waals surface area (Å²) in [7, 11) is 1.66. The molecular weight excluding hydrogens is 268 g/mol. The minimum atomic E-state index is 0.512. The van der Waals surface area contributed by atoms with Crippen LogP contribution in [0.15, 0.2) is 22.2 Å². The molecule has 1 heterocycles. The predicted octanol–water partition coefficient (Wildman–Crippen LogP) is 3.89. The first-order chi connectivity index (χ1) is 7.61. The molecule has 0 bridgehead atoms. The van der Waals surface area contributed by atoms with Crippen molar-refractivity contribution in [2.45, 2.75) is 13.8 Å². The number of hydrogen-bond acceptors (Lipinski definition) is 2. The van der Waals surface area contributed by atoms with Crippen LogP contribution in [0.3, 0.4) is 0 Å². The molecule has 1 aromatic rings. The Morgan fingerprint density at radius 2 is 2.12 bits per heavy atom. The Morgan fingerprint density at radius 3 is 2.75 bits per heavy atom. The number of fused-ring (bicyclic) bond motifs is 1. The Labute approximate surface area is 104 Å². The van der Waals surface area contributed by atoms with Crippen molar-refractivity contribution in [1.29, 1.82) is 0 Å². The first-order valence-corrected chi connectivity index (χ1v) is 6.12. The average molecular weight is 283 g/mol. The number of rotatable bonds is 2. The van der Waals surface area contributed by atoms with Gasteiger partial charge in [-0.25, -0.2) is 0 Å². The Hall–Kier alpha value is -0.960. The van der Waals surface area contributed by atoms with Gasteiger partial charge >= 0.3 is 0 Å². The SMILES string of the molecule is COc1cc(Br)cc2c1OCC(C(C)C)=C2. The van der Waals surface area contributed by atoms with Crippen LogP contribution in [0.1, 0.15) is 19.4 Å². The lowest BCUT2D eigenvalue weighted by Gasteiger charge is -2.22. The molecule has 3 heteroatoms. The molecule has 0 unspecified atom stereocenters. The molecule has 16 heavy (non-hydrogen) atoms. The highest BCUT2D eigenvalue weighted by Crippen LogP contribution is 2.39. The monoisotopic (exact) mass is 282 g/mol. The molecule has 1 aromatic carbocycles. The van der Waals surface area contributed by atoms with Crippen LogP contribution in [0, 0.1) is 5.92 Å². The Balaban J connectivity index is 2.50. The van der Waals surface area contributed by atoms with Crippen LogP contribution >= 0.6 is 15.9 Å². The van der Waals surface area contributed by atoms with E-state index in [0.717, 1.165) is 21.5 Å². The molecule has 0 atom stereocenters. The first kappa shape index (κ1) is 11.5. The molecule has 2 nitrogen and oxygen atoms in total. The van der Waals surface area contributed by atoms with Gasteiger partial charge in [0.2, 0.25) is 0 Å². The van der Waals surface area contributed by atoms with Gasteiger partial charge in [-0.2, -0.15) is 0 Å². The molecule has 86 valence electrons. The van der Waals surface area contributed by atoms with Crippen molar-refractivity contribution in [2.75, 3.05) is 13.7 Å². The quantitative estimate of drug-likeness (QED) is 0.819. The fourth-order valence-corrected chi connectivity index (χ4v) is 2.19. The van der Waals surface area contributed by atoms with Gasteiger partial charge in [-0.1, -0.05) is 29.8 Å². The normalized spacial score (nSPS) is 14.2. The van der Waals surface area contributed by atoms with Gasteiger partial charge in [0, 0.05) is 10.0 Å². The molecule has 0 radical (unpaired) electrons. The van der Waals surface area contributed by atoms with E-state index in [1.165, 1.54) is 5.57 Å². The molecule has 0 saturated carbocycles. The van der Waals surface area contributed by atoms with E-state index in [9.17, 15) is 0 Å². The average Bonchev–Trinajstić information content (AvgIpc) is 2.26. The number of methoxy groups -OCH3 is 1. The minimum Gasteiger partial charge on any atom is -0.493 e. The molecule has 0 aliphatic carbocycles. The number of ether oxygens (including phenoxy) is 2. The lowest BCUT2D eigenvalue weighted by Crippen LogP contribution is -2.12. The Kier molecular flexibility index (Phi) is 3.24. The molecule has 1 aliphatic rings. The van der Waals surface area contributed by atoms with Crippen molar-refractivity contribution in [1.82, 2.24) is 0 Å². The van der Waals surface area contributed by atoms with Crippen LogP contribution in [0.2, 0.25) is 0 Å². The highest BCUT2D eigenvalue weighted by molar-refractivity contribution is 9.10. The van der Waals surface area contributed by atoms with Gasteiger partial charge in [-0.3, -0.25) is 0 Å². The van der Waals surface area contributed by atoms with Gasteiger partial charge in [-0.05, 0) is 29.7 Å². The molecule has 0 saturated heterocycles. The van der Waals surface area contributed by atoms with Crippen LogP contribution in [0.25, 0.3) is 6.08 Å². The second-order valence-electron chi connectivity index (χ2n) is 4.19. The van der Waals surface area contributed by atoms with Gasteiger partial charge in [0.15, 0.2) is 11.5 Å². The summed E-state index contributed by atoms with van der Waals surface area (Å²) in [5, 5.41) is 0. The maximum atomic E-state index is 5.76. The third kappa shape index (κ3) is 2.09. The second-order valence-corrected chi connectivity index (χ2v) is 5.10. The molecule has 1 aliphatic heterocycles. The van der Waals surface area contributed by atoms with Crippen LogP contribution in [0.4, 0.5) is 0 Å². The highest BCUT2D eigenvalue weighted by atomic mass is 79.9. The predicted molar refractivity (Wildman–Crippen MR) is 69.0 cm³/mol. The van der Waals surface area contributed by atoms with E-state index in [2.05, 4.69) is 41.9 Å². The van der Waals surface area contributed by atoms with Crippen LogP contribution in [0.5, 0.6) is 11.5 Å². The molecule has 0 spiro atoms. The number of hydrogen-bond donors (Lipinski definition) is 0. The van der Waals surface area contributed by atoms with E-state index in [1.807, 2.05) is 6.07 Å². The summed E-state index contributed by atoms with van der Waals surface area (Å²) >= 11 is 3.47. The maximum Gasteiger partial charge on any atom is 0.168 e. The van der Waals surface area contributed by atoms with Crippen molar-refractivity contribution in [2.24, 2.45) is 5.92 Å². The molecule has 0 N–H and O–H groups in total. The molecular formula is C13H15BrO2. The van der Waals surface area contributed by atoms with E-state index in [0.29, 0.717) is 12.5 Å². The first-order valence-electron chi connectivity index (χ1n) is 5.32. The largest absolute Gasteiger partial charge is 0.493 e. The van der Waals surface area contributed by atoms with Crippen LogP contribution in [-0.2, 0) is 0 Å². The summed E-state index contributed by atoms with van der Waals surface area (Å²) in [5.41, 5.74) is 2.40. The molecule has 0 fully saturated rings. The second kappa shape index (κ2) is 4.50. The summed E-state index contributed by atoms with van der Waals surface area (Å²) in [5.74, 6) is 2.14. The summed E-state index contributed by atoms with van der Waals surface area (Å²) in [6, 6.07) is 3.98.